The van der Waals surface area contributed by atoms with Crippen LogP contribution >= 0.6 is 23.2 Å². The molecule has 1 amide bonds. The van der Waals surface area contributed by atoms with Gasteiger partial charge in [-0.3, -0.25) is 4.79 Å². The first kappa shape index (κ1) is 16.4. The van der Waals surface area contributed by atoms with Crippen molar-refractivity contribution >= 4 is 34.8 Å². The molecule has 106 valence electrons. The molecule has 4 nitrogen and oxygen atoms in total. The molecule has 1 aromatic carbocycles. The maximum atomic E-state index is 11.9. The Labute approximate surface area is 128 Å². The predicted octanol–water partition coefficient (Wildman–Crippen LogP) is 3.73. The van der Waals surface area contributed by atoms with Crippen LogP contribution in [0.15, 0.2) is 30.0 Å². The number of nitriles is 1. The number of hydrogen-bond donors (Lipinski definition) is 2. The van der Waals surface area contributed by atoms with Crippen molar-refractivity contribution in [2.75, 3.05) is 5.32 Å². The number of nitrogens with zero attached hydrogens (tertiary/aromatic N) is 1. The van der Waals surface area contributed by atoms with Crippen LogP contribution < -0.4 is 10.6 Å². The van der Waals surface area contributed by atoms with Gasteiger partial charge in [-0.1, -0.05) is 29.3 Å². The van der Waals surface area contributed by atoms with Gasteiger partial charge < -0.3 is 10.6 Å². The van der Waals surface area contributed by atoms with Gasteiger partial charge in [0.05, 0.1) is 15.7 Å². The number of carbonyl (C=O) groups excluding carboxylic acids is 1. The van der Waals surface area contributed by atoms with Gasteiger partial charge in [-0.25, -0.2) is 0 Å². The van der Waals surface area contributed by atoms with Crippen molar-refractivity contribution < 1.29 is 4.79 Å². The van der Waals surface area contributed by atoms with E-state index in [2.05, 4.69) is 10.6 Å². The molecule has 0 heterocycles. The third-order valence-electron chi connectivity index (χ3n) is 2.18. The number of halogens is 2. The van der Waals surface area contributed by atoms with Gasteiger partial charge in [-0.15, -0.1) is 0 Å². The monoisotopic (exact) mass is 311 g/mol. The van der Waals surface area contributed by atoms with E-state index in [1.807, 2.05) is 26.8 Å². The molecule has 6 heteroatoms. The van der Waals surface area contributed by atoms with Gasteiger partial charge in [0.1, 0.15) is 11.6 Å². The van der Waals surface area contributed by atoms with Crippen LogP contribution in [0.1, 0.15) is 20.8 Å². The highest BCUT2D eigenvalue weighted by Gasteiger charge is 2.17. The summed E-state index contributed by atoms with van der Waals surface area (Å²) in [4.78, 5) is 11.9. The second kappa shape index (κ2) is 6.65. The highest BCUT2D eigenvalue weighted by Crippen LogP contribution is 2.29. The molecular weight excluding hydrogens is 297 g/mol. The van der Waals surface area contributed by atoms with E-state index in [0.717, 1.165) is 0 Å². The van der Waals surface area contributed by atoms with Gasteiger partial charge in [-0.05, 0) is 32.9 Å². The first-order valence-electron chi connectivity index (χ1n) is 5.88. The number of anilines is 1. The molecule has 0 fully saturated rings. The highest BCUT2D eigenvalue weighted by molar-refractivity contribution is 6.39. The molecule has 0 saturated heterocycles. The zero-order valence-corrected chi connectivity index (χ0v) is 12.9. The number of hydrogen-bond acceptors (Lipinski definition) is 3. The number of amides is 1. The third-order valence-corrected chi connectivity index (χ3v) is 2.81. The summed E-state index contributed by atoms with van der Waals surface area (Å²) in [6, 6.07) is 6.85. The van der Waals surface area contributed by atoms with Gasteiger partial charge in [0.15, 0.2) is 0 Å². The lowest BCUT2D eigenvalue weighted by Gasteiger charge is -2.20. The first-order chi connectivity index (χ1) is 9.24. The largest absolute Gasteiger partial charge is 0.358 e. The number of benzene rings is 1. The van der Waals surface area contributed by atoms with Crippen molar-refractivity contribution in [2.24, 2.45) is 0 Å². The molecule has 0 spiro atoms. The predicted molar refractivity (Wildman–Crippen MR) is 81.7 cm³/mol. The molecule has 0 saturated carbocycles. The second-order valence-corrected chi connectivity index (χ2v) is 5.93. The SMILES string of the molecule is CC(C)(C)NC(=O)/C(C#N)=C\Nc1c(Cl)cccc1Cl. The quantitative estimate of drug-likeness (QED) is 0.660. The number of para-hydroxylation sites is 1. The normalized spacial score (nSPS) is 11.7. The molecule has 0 aliphatic heterocycles. The molecule has 2 N–H and O–H groups in total. The van der Waals surface area contributed by atoms with Crippen molar-refractivity contribution in [3.63, 3.8) is 0 Å². The van der Waals surface area contributed by atoms with Gasteiger partial charge in [0.25, 0.3) is 5.91 Å². The Hall–Kier alpha value is -1.70. The number of carbonyl (C=O) groups is 1. The van der Waals surface area contributed by atoms with Gasteiger partial charge >= 0.3 is 0 Å². The van der Waals surface area contributed by atoms with E-state index >= 15 is 0 Å². The molecule has 0 aliphatic carbocycles. The molecule has 0 atom stereocenters. The Balaban J connectivity index is 2.92. The molecule has 1 aromatic rings. The number of rotatable bonds is 3. The summed E-state index contributed by atoms with van der Waals surface area (Å²) in [5.74, 6) is -0.462. The molecule has 0 bridgehead atoms. The van der Waals surface area contributed by atoms with Crippen LogP contribution in [0.25, 0.3) is 0 Å². The molecular formula is C14H15Cl2N3O. The van der Waals surface area contributed by atoms with Crippen LogP contribution in [0.5, 0.6) is 0 Å². The maximum absolute atomic E-state index is 11.9. The minimum atomic E-state index is -0.462. The summed E-state index contributed by atoms with van der Waals surface area (Å²) >= 11 is 12.0. The van der Waals surface area contributed by atoms with E-state index < -0.39 is 11.4 Å². The summed E-state index contributed by atoms with van der Waals surface area (Å²) in [7, 11) is 0. The summed E-state index contributed by atoms with van der Waals surface area (Å²) in [6.07, 6.45) is 1.29. The van der Waals surface area contributed by atoms with Crippen LogP contribution in [-0.2, 0) is 4.79 Å². The van der Waals surface area contributed by atoms with E-state index in [1.165, 1.54) is 6.20 Å². The van der Waals surface area contributed by atoms with Crippen molar-refractivity contribution in [3.8, 4) is 6.07 Å². The van der Waals surface area contributed by atoms with E-state index in [0.29, 0.717) is 15.7 Å². The highest BCUT2D eigenvalue weighted by atomic mass is 35.5. The fourth-order valence-electron chi connectivity index (χ4n) is 1.34. The van der Waals surface area contributed by atoms with Crippen LogP contribution in [0.3, 0.4) is 0 Å². The van der Waals surface area contributed by atoms with Gasteiger partial charge in [-0.2, -0.15) is 5.26 Å². The summed E-state index contributed by atoms with van der Waals surface area (Å²) in [5.41, 5.74) is -0.0299. The van der Waals surface area contributed by atoms with Crippen molar-refractivity contribution in [3.05, 3.63) is 40.0 Å². The number of nitrogens with one attached hydrogen (secondary N) is 2. The summed E-state index contributed by atoms with van der Waals surface area (Å²) in [5, 5.41) is 15.3. The summed E-state index contributed by atoms with van der Waals surface area (Å²) in [6.45, 7) is 5.49. The maximum Gasteiger partial charge on any atom is 0.263 e. The Kier molecular flexibility index (Phi) is 5.43. The lowest BCUT2D eigenvalue weighted by Crippen LogP contribution is -2.41. The average Bonchev–Trinajstić information content (AvgIpc) is 2.30. The van der Waals surface area contributed by atoms with Gasteiger partial charge in [0.2, 0.25) is 0 Å². The Bertz CT molecular complexity index is 563. The lowest BCUT2D eigenvalue weighted by atomic mass is 10.1. The molecule has 0 aliphatic rings. The molecule has 0 unspecified atom stereocenters. The van der Waals surface area contributed by atoms with Crippen LogP contribution in [-0.4, -0.2) is 11.4 Å². The Morgan fingerprint density at radius 2 is 1.85 bits per heavy atom. The first-order valence-corrected chi connectivity index (χ1v) is 6.63. The smallest absolute Gasteiger partial charge is 0.263 e. The van der Waals surface area contributed by atoms with Crippen LogP contribution in [0, 0.1) is 11.3 Å². The van der Waals surface area contributed by atoms with E-state index in [1.54, 1.807) is 18.2 Å². The molecule has 1 rings (SSSR count). The van der Waals surface area contributed by atoms with Crippen molar-refractivity contribution in [1.82, 2.24) is 5.32 Å². The Morgan fingerprint density at radius 1 is 1.30 bits per heavy atom. The van der Waals surface area contributed by atoms with Crippen molar-refractivity contribution in [1.29, 1.82) is 5.26 Å². The third kappa shape index (κ3) is 4.76. The fraction of sp³-hybridized carbons (Fsp3) is 0.286. The molecule has 0 aromatic heterocycles. The lowest BCUT2D eigenvalue weighted by molar-refractivity contribution is -0.118. The van der Waals surface area contributed by atoms with E-state index in [-0.39, 0.29) is 5.57 Å². The summed E-state index contributed by atoms with van der Waals surface area (Å²) < 4.78 is 0. The fourth-order valence-corrected chi connectivity index (χ4v) is 1.84. The zero-order valence-electron chi connectivity index (χ0n) is 11.4. The topological polar surface area (TPSA) is 64.9 Å². The molecule has 20 heavy (non-hydrogen) atoms. The van der Waals surface area contributed by atoms with Gasteiger partial charge in [0, 0.05) is 11.7 Å². The van der Waals surface area contributed by atoms with Crippen LogP contribution in [0.4, 0.5) is 5.69 Å². The Morgan fingerprint density at radius 3 is 2.30 bits per heavy atom. The second-order valence-electron chi connectivity index (χ2n) is 5.11. The van der Waals surface area contributed by atoms with Crippen LogP contribution in [0.2, 0.25) is 10.0 Å². The standard InChI is InChI=1S/C14H15Cl2N3O/c1-14(2,3)19-13(20)9(7-17)8-18-12-10(15)5-4-6-11(12)16/h4-6,8,18H,1-3H3,(H,19,20)/b9-8-. The van der Waals surface area contributed by atoms with E-state index in [9.17, 15) is 4.79 Å². The molecule has 0 radical (unpaired) electrons. The average molecular weight is 312 g/mol. The zero-order chi connectivity index (χ0) is 15.3. The minimum Gasteiger partial charge on any atom is -0.358 e. The minimum absolute atomic E-state index is 0.0593. The van der Waals surface area contributed by atoms with Crippen molar-refractivity contribution in [2.45, 2.75) is 26.3 Å². The van der Waals surface area contributed by atoms with E-state index in [4.69, 9.17) is 28.5 Å².